The van der Waals surface area contributed by atoms with Crippen LogP contribution in [0, 0.1) is 0 Å². The number of nitrogens with two attached hydrogens (primary N) is 1. The fourth-order valence-electron chi connectivity index (χ4n) is 2.35. The highest BCUT2D eigenvalue weighted by atomic mass is 16.5. The molecule has 2 N–H and O–H groups in total. The van der Waals surface area contributed by atoms with E-state index in [1.807, 2.05) is 30.3 Å². The number of hydrogen-bond acceptors (Lipinski definition) is 4. The molecule has 88 valence electrons. The fourth-order valence-corrected chi connectivity index (χ4v) is 2.35. The maximum atomic E-state index is 6.28. The van der Waals surface area contributed by atoms with Gasteiger partial charge < -0.3 is 10.3 Å². The van der Waals surface area contributed by atoms with Crippen molar-refractivity contribution in [3.8, 4) is 11.4 Å². The molecule has 1 heterocycles. The van der Waals surface area contributed by atoms with E-state index in [-0.39, 0.29) is 0 Å². The molecule has 1 aliphatic rings. The molecule has 0 radical (unpaired) electrons. The summed E-state index contributed by atoms with van der Waals surface area (Å²) in [6.07, 6.45) is 4.14. The van der Waals surface area contributed by atoms with Gasteiger partial charge in [0.15, 0.2) is 0 Å². The Balaban J connectivity index is 1.93. The molecule has 0 atom stereocenters. The monoisotopic (exact) mass is 229 g/mol. The Hall–Kier alpha value is -1.68. The topological polar surface area (TPSA) is 64.9 Å². The smallest absolute Gasteiger partial charge is 0.247 e. The lowest BCUT2D eigenvalue weighted by Gasteiger charge is -2.17. The average molecular weight is 229 g/mol. The van der Waals surface area contributed by atoms with Crippen LogP contribution < -0.4 is 5.73 Å². The van der Waals surface area contributed by atoms with Crippen LogP contribution in [-0.4, -0.2) is 10.1 Å². The summed E-state index contributed by atoms with van der Waals surface area (Å²) in [6.45, 7) is 0. The number of aromatic nitrogens is 2. The molecule has 1 saturated carbocycles. The third-order valence-corrected chi connectivity index (χ3v) is 3.38. The number of rotatable bonds is 2. The molecule has 1 aliphatic carbocycles. The largest absolute Gasteiger partial charge is 0.337 e. The van der Waals surface area contributed by atoms with Crippen molar-refractivity contribution < 1.29 is 4.52 Å². The first kappa shape index (κ1) is 10.5. The van der Waals surface area contributed by atoms with Gasteiger partial charge in [0.1, 0.15) is 0 Å². The summed E-state index contributed by atoms with van der Waals surface area (Å²) in [7, 11) is 0. The first-order chi connectivity index (χ1) is 8.28. The van der Waals surface area contributed by atoms with Gasteiger partial charge in [0, 0.05) is 5.56 Å². The van der Waals surface area contributed by atoms with Crippen LogP contribution in [0.4, 0.5) is 0 Å². The molecule has 1 aromatic carbocycles. The van der Waals surface area contributed by atoms with E-state index in [2.05, 4.69) is 10.1 Å². The van der Waals surface area contributed by atoms with Crippen LogP contribution in [-0.2, 0) is 5.54 Å². The molecule has 0 saturated heterocycles. The third kappa shape index (κ3) is 1.85. The molecule has 4 nitrogen and oxygen atoms in total. The van der Waals surface area contributed by atoms with Crippen LogP contribution in [0.25, 0.3) is 11.4 Å². The molecular weight excluding hydrogens is 214 g/mol. The molecule has 0 bridgehead atoms. The zero-order valence-electron chi connectivity index (χ0n) is 9.60. The van der Waals surface area contributed by atoms with Gasteiger partial charge in [-0.25, -0.2) is 0 Å². The lowest BCUT2D eigenvalue weighted by atomic mass is 9.99. The molecule has 1 aromatic heterocycles. The van der Waals surface area contributed by atoms with Gasteiger partial charge >= 0.3 is 0 Å². The lowest BCUT2D eigenvalue weighted by Crippen LogP contribution is -2.33. The third-order valence-electron chi connectivity index (χ3n) is 3.38. The van der Waals surface area contributed by atoms with Crippen molar-refractivity contribution in [2.75, 3.05) is 0 Å². The normalized spacial score (nSPS) is 18.4. The van der Waals surface area contributed by atoms with Crippen molar-refractivity contribution in [1.29, 1.82) is 0 Å². The summed E-state index contributed by atoms with van der Waals surface area (Å²) in [5.74, 6) is 1.20. The van der Waals surface area contributed by atoms with Crippen LogP contribution in [0.15, 0.2) is 34.9 Å². The van der Waals surface area contributed by atoms with Gasteiger partial charge in [-0.15, -0.1) is 0 Å². The molecular formula is C13H15N3O. The van der Waals surface area contributed by atoms with Gasteiger partial charge in [0.2, 0.25) is 11.7 Å². The molecule has 0 amide bonds. The first-order valence-corrected chi connectivity index (χ1v) is 5.96. The SMILES string of the molecule is NC1(c2nc(-c3ccccc3)no2)CCCC1. The predicted octanol–water partition coefficient (Wildman–Crippen LogP) is 2.46. The maximum absolute atomic E-state index is 6.28. The number of benzene rings is 1. The lowest BCUT2D eigenvalue weighted by molar-refractivity contribution is 0.285. The van der Waals surface area contributed by atoms with E-state index in [9.17, 15) is 0 Å². The zero-order chi connectivity index (χ0) is 11.7. The summed E-state index contributed by atoms with van der Waals surface area (Å²) < 4.78 is 5.32. The van der Waals surface area contributed by atoms with Crippen LogP contribution >= 0.6 is 0 Å². The van der Waals surface area contributed by atoms with E-state index in [4.69, 9.17) is 10.3 Å². The Morgan fingerprint density at radius 2 is 1.82 bits per heavy atom. The van der Waals surface area contributed by atoms with E-state index >= 15 is 0 Å². The Morgan fingerprint density at radius 3 is 2.53 bits per heavy atom. The van der Waals surface area contributed by atoms with Gasteiger partial charge in [-0.3, -0.25) is 0 Å². The standard InChI is InChI=1S/C13H15N3O/c14-13(8-4-5-9-13)12-15-11(16-17-12)10-6-2-1-3-7-10/h1-3,6-7H,4-5,8-9,14H2. The maximum Gasteiger partial charge on any atom is 0.247 e. The molecule has 0 unspecified atom stereocenters. The molecule has 2 aromatic rings. The van der Waals surface area contributed by atoms with Crippen LogP contribution in [0.2, 0.25) is 0 Å². The Bertz CT molecular complexity index is 500. The van der Waals surface area contributed by atoms with E-state index in [0.717, 1.165) is 31.2 Å². The molecule has 1 fully saturated rings. The second kappa shape index (κ2) is 3.96. The van der Waals surface area contributed by atoms with E-state index in [1.54, 1.807) is 0 Å². The molecule has 17 heavy (non-hydrogen) atoms. The summed E-state index contributed by atoms with van der Waals surface area (Å²) in [5.41, 5.74) is 6.83. The quantitative estimate of drug-likeness (QED) is 0.859. The average Bonchev–Trinajstić information content (AvgIpc) is 2.99. The second-order valence-electron chi connectivity index (χ2n) is 4.65. The highest BCUT2D eigenvalue weighted by Crippen LogP contribution is 2.35. The number of nitrogens with zero attached hydrogens (tertiary/aromatic N) is 2. The molecule has 4 heteroatoms. The summed E-state index contributed by atoms with van der Waals surface area (Å²) in [4.78, 5) is 4.43. The minimum Gasteiger partial charge on any atom is -0.337 e. The summed E-state index contributed by atoms with van der Waals surface area (Å²) >= 11 is 0. The van der Waals surface area contributed by atoms with Gasteiger partial charge in [0.05, 0.1) is 5.54 Å². The Kier molecular flexibility index (Phi) is 2.44. The highest BCUT2D eigenvalue weighted by Gasteiger charge is 2.36. The van der Waals surface area contributed by atoms with Crippen molar-refractivity contribution in [3.05, 3.63) is 36.2 Å². The molecule has 0 aliphatic heterocycles. The first-order valence-electron chi connectivity index (χ1n) is 5.96. The Morgan fingerprint density at radius 1 is 1.12 bits per heavy atom. The second-order valence-corrected chi connectivity index (χ2v) is 4.65. The highest BCUT2D eigenvalue weighted by molar-refractivity contribution is 5.53. The number of hydrogen-bond donors (Lipinski definition) is 1. The minimum absolute atomic E-state index is 0.403. The van der Waals surface area contributed by atoms with Crippen molar-refractivity contribution in [2.24, 2.45) is 5.73 Å². The summed E-state index contributed by atoms with van der Waals surface area (Å²) in [6, 6.07) is 9.81. The van der Waals surface area contributed by atoms with Crippen LogP contribution in [0.5, 0.6) is 0 Å². The van der Waals surface area contributed by atoms with Crippen molar-refractivity contribution >= 4 is 0 Å². The zero-order valence-corrected chi connectivity index (χ0v) is 9.60. The molecule has 0 spiro atoms. The van der Waals surface area contributed by atoms with E-state index < -0.39 is 5.54 Å². The fraction of sp³-hybridized carbons (Fsp3) is 0.385. The Labute approximate surface area is 99.8 Å². The summed E-state index contributed by atoms with van der Waals surface area (Å²) in [5, 5.41) is 4.01. The van der Waals surface area contributed by atoms with Crippen LogP contribution in [0.1, 0.15) is 31.6 Å². The van der Waals surface area contributed by atoms with Crippen molar-refractivity contribution in [3.63, 3.8) is 0 Å². The van der Waals surface area contributed by atoms with E-state index in [0.29, 0.717) is 11.7 Å². The van der Waals surface area contributed by atoms with E-state index in [1.165, 1.54) is 0 Å². The van der Waals surface area contributed by atoms with Crippen molar-refractivity contribution in [1.82, 2.24) is 10.1 Å². The van der Waals surface area contributed by atoms with Gasteiger partial charge in [0.25, 0.3) is 0 Å². The molecule has 3 rings (SSSR count). The predicted molar refractivity (Wildman–Crippen MR) is 64.1 cm³/mol. The minimum atomic E-state index is -0.403. The van der Waals surface area contributed by atoms with Gasteiger partial charge in [-0.05, 0) is 12.8 Å². The van der Waals surface area contributed by atoms with Gasteiger partial charge in [-0.2, -0.15) is 4.98 Å². The van der Waals surface area contributed by atoms with Crippen LogP contribution in [0.3, 0.4) is 0 Å². The van der Waals surface area contributed by atoms with Crippen molar-refractivity contribution in [2.45, 2.75) is 31.2 Å². The van der Waals surface area contributed by atoms with Gasteiger partial charge in [-0.1, -0.05) is 48.3 Å².